The van der Waals surface area contributed by atoms with Crippen LogP contribution in [0, 0.1) is 5.92 Å². The van der Waals surface area contributed by atoms with Crippen LogP contribution in [0.25, 0.3) is 0 Å². The maximum atomic E-state index is 11.1. The number of esters is 1. The quantitative estimate of drug-likeness (QED) is 0.181. The number of carbonyl (C=O) groups excluding carboxylic acids is 1. The fourth-order valence-electron chi connectivity index (χ4n) is 4.80. The average molecular weight is 364 g/mol. The van der Waals surface area contributed by atoms with Crippen molar-refractivity contribution in [3.8, 4) is 0 Å². The van der Waals surface area contributed by atoms with Gasteiger partial charge in [-0.2, -0.15) is 0 Å². The van der Waals surface area contributed by atoms with Crippen molar-refractivity contribution in [2.75, 3.05) is 7.11 Å². The SMILES string of the molecule is COC(=O)CCCCCCCCCCB(C1CCCC1)C(C)(C)C(C)C. The lowest BCUT2D eigenvalue weighted by Crippen LogP contribution is -2.35. The molecule has 2 nitrogen and oxygen atoms in total. The van der Waals surface area contributed by atoms with Crippen molar-refractivity contribution in [3.05, 3.63) is 0 Å². The van der Waals surface area contributed by atoms with E-state index >= 15 is 0 Å². The molecule has 0 N–H and O–H groups in total. The highest BCUT2D eigenvalue weighted by atomic mass is 16.5. The molecular formula is C23H45BO2. The number of ether oxygens (including phenoxy) is 1. The molecule has 1 saturated carbocycles. The first-order chi connectivity index (χ1) is 12.4. The van der Waals surface area contributed by atoms with Crippen molar-refractivity contribution < 1.29 is 9.53 Å². The van der Waals surface area contributed by atoms with Crippen LogP contribution in [-0.2, 0) is 9.53 Å². The Balaban J connectivity index is 2.14. The number of unbranched alkanes of at least 4 members (excludes halogenated alkanes) is 7. The minimum absolute atomic E-state index is 0.0638. The second kappa shape index (κ2) is 12.8. The molecule has 0 aromatic rings. The topological polar surface area (TPSA) is 26.3 Å². The number of hydrogen-bond donors (Lipinski definition) is 0. The molecule has 0 saturated heterocycles. The van der Waals surface area contributed by atoms with Crippen molar-refractivity contribution >= 4 is 12.7 Å². The van der Waals surface area contributed by atoms with Crippen molar-refractivity contribution in [2.24, 2.45) is 5.92 Å². The van der Waals surface area contributed by atoms with Crippen molar-refractivity contribution in [3.63, 3.8) is 0 Å². The Bertz CT molecular complexity index is 372. The molecule has 3 heteroatoms. The summed E-state index contributed by atoms with van der Waals surface area (Å²) in [5.74, 6) is 1.70. The van der Waals surface area contributed by atoms with Crippen LogP contribution in [0.3, 0.4) is 0 Å². The van der Waals surface area contributed by atoms with E-state index < -0.39 is 0 Å². The third kappa shape index (κ3) is 8.48. The Labute approximate surface area is 164 Å². The molecule has 0 spiro atoms. The standard InChI is InChI=1S/C23H45BO2/c1-20(2)23(3,4)24(21-16-13-14-17-21)19-15-11-9-7-6-8-10-12-18-22(25)26-5/h20-21H,6-19H2,1-5H3. The van der Waals surface area contributed by atoms with Gasteiger partial charge in [0.25, 0.3) is 0 Å². The predicted octanol–water partition coefficient (Wildman–Crippen LogP) is 7.55. The summed E-state index contributed by atoms with van der Waals surface area (Å²) in [6.45, 7) is 10.8. The second-order valence-corrected chi connectivity index (χ2v) is 9.57. The lowest BCUT2D eigenvalue weighted by Gasteiger charge is -2.39. The molecular weight excluding hydrogens is 319 g/mol. The first kappa shape index (κ1) is 23.6. The van der Waals surface area contributed by atoms with E-state index in [2.05, 4.69) is 32.4 Å². The van der Waals surface area contributed by atoms with E-state index in [9.17, 15) is 4.79 Å². The highest BCUT2D eigenvalue weighted by Crippen LogP contribution is 2.49. The third-order valence-corrected chi connectivity index (χ3v) is 7.29. The number of rotatable bonds is 14. The first-order valence-corrected chi connectivity index (χ1v) is 11.5. The van der Waals surface area contributed by atoms with E-state index in [0.717, 1.165) is 24.9 Å². The van der Waals surface area contributed by atoms with Gasteiger partial charge in [-0.3, -0.25) is 4.79 Å². The maximum Gasteiger partial charge on any atom is 0.305 e. The Kier molecular flexibility index (Phi) is 11.6. The Morgan fingerprint density at radius 1 is 0.962 bits per heavy atom. The number of hydrogen-bond acceptors (Lipinski definition) is 2. The van der Waals surface area contributed by atoms with Gasteiger partial charge < -0.3 is 4.74 Å². The van der Waals surface area contributed by atoms with Gasteiger partial charge >= 0.3 is 5.97 Å². The van der Waals surface area contributed by atoms with Gasteiger partial charge in [-0.25, -0.2) is 0 Å². The van der Waals surface area contributed by atoms with Crippen LogP contribution in [0.2, 0.25) is 17.5 Å². The minimum Gasteiger partial charge on any atom is -0.469 e. The molecule has 0 aliphatic heterocycles. The van der Waals surface area contributed by atoms with E-state index in [1.54, 1.807) is 0 Å². The van der Waals surface area contributed by atoms with Crippen molar-refractivity contribution in [1.82, 2.24) is 0 Å². The second-order valence-electron chi connectivity index (χ2n) is 9.57. The zero-order valence-corrected chi connectivity index (χ0v) is 18.4. The summed E-state index contributed by atoms with van der Waals surface area (Å²) >= 11 is 0. The summed E-state index contributed by atoms with van der Waals surface area (Å²) in [6.07, 6.45) is 18.2. The van der Waals surface area contributed by atoms with E-state index in [-0.39, 0.29) is 5.97 Å². The summed E-state index contributed by atoms with van der Waals surface area (Å²) in [5, 5.41) is 0.481. The normalized spacial score (nSPS) is 15.6. The summed E-state index contributed by atoms with van der Waals surface area (Å²) in [5.41, 5.74) is 0. The van der Waals surface area contributed by atoms with E-state index in [1.807, 2.05) is 0 Å². The van der Waals surface area contributed by atoms with Gasteiger partial charge in [-0.05, 0) is 12.3 Å². The molecule has 0 amide bonds. The maximum absolute atomic E-state index is 11.1. The van der Waals surface area contributed by atoms with Gasteiger partial charge in [0, 0.05) is 6.42 Å². The predicted molar refractivity (Wildman–Crippen MR) is 115 cm³/mol. The van der Waals surface area contributed by atoms with E-state index in [4.69, 9.17) is 0 Å². The van der Waals surface area contributed by atoms with Gasteiger partial charge in [-0.15, -0.1) is 0 Å². The Morgan fingerprint density at radius 2 is 1.46 bits per heavy atom. The van der Waals surface area contributed by atoms with Gasteiger partial charge in [0.15, 0.2) is 0 Å². The van der Waals surface area contributed by atoms with Crippen LogP contribution < -0.4 is 0 Å². The van der Waals surface area contributed by atoms with Gasteiger partial charge in [0.2, 0.25) is 0 Å². The Morgan fingerprint density at radius 3 is 1.96 bits per heavy atom. The van der Waals surface area contributed by atoms with Crippen LogP contribution in [-0.4, -0.2) is 19.8 Å². The number of carbonyl (C=O) groups is 1. The molecule has 1 aliphatic carbocycles. The van der Waals surface area contributed by atoms with Crippen LogP contribution in [0.15, 0.2) is 0 Å². The molecule has 1 rings (SSSR count). The lowest BCUT2D eigenvalue weighted by atomic mass is 9.24. The van der Waals surface area contributed by atoms with Gasteiger partial charge in [-0.1, -0.05) is 116 Å². The Hall–Kier alpha value is -0.465. The minimum atomic E-state index is -0.0638. The number of methoxy groups -OCH3 is 1. The van der Waals surface area contributed by atoms with E-state index in [1.165, 1.54) is 84.1 Å². The highest BCUT2D eigenvalue weighted by molar-refractivity contribution is 6.63. The molecule has 0 unspecified atom stereocenters. The zero-order valence-electron chi connectivity index (χ0n) is 18.4. The van der Waals surface area contributed by atoms with Gasteiger partial charge in [0.05, 0.1) is 7.11 Å². The summed E-state index contributed by atoms with van der Waals surface area (Å²) in [4.78, 5) is 11.1. The largest absolute Gasteiger partial charge is 0.469 e. The molecule has 1 fully saturated rings. The fourth-order valence-corrected chi connectivity index (χ4v) is 4.80. The van der Waals surface area contributed by atoms with Crippen LogP contribution in [0.5, 0.6) is 0 Å². The van der Waals surface area contributed by atoms with Crippen LogP contribution in [0.4, 0.5) is 0 Å². The van der Waals surface area contributed by atoms with Crippen molar-refractivity contribution in [1.29, 1.82) is 0 Å². The zero-order chi connectivity index (χ0) is 19.4. The molecule has 0 heterocycles. The monoisotopic (exact) mass is 364 g/mol. The smallest absolute Gasteiger partial charge is 0.305 e. The molecule has 1 aliphatic rings. The molecule has 0 bridgehead atoms. The lowest BCUT2D eigenvalue weighted by molar-refractivity contribution is -0.140. The summed E-state index contributed by atoms with van der Waals surface area (Å²) in [6, 6.07) is 0. The van der Waals surface area contributed by atoms with Crippen molar-refractivity contribution in [2.45, 2.75) is 129 Å². The molecule has 0 aromatic heterocycles. The van der Waals surface area contributed by atoms with Crippen LogP contribution >= 0.6 is 0 Å². The first-order valence-electron chi connectivity index (χ1n) is 11.5. The third-order valence-electron chi connectivity index (χ3n) is 7.29. The fraction of sp³-hybridized carbons (Fsp3) is 0.957. The molecule has 0 radical (unpaired) electrons. The average Bonchev–Trinajstić information content (AvgIpc) is 3.13. The molecule has 26 heavy (non-hydrogen) atoms. The molecule has 0 atom stereocenters. The van der Waals surface area contributed by atoms with Crippen LogP contribution in [0.1, 0.15) is 111 Å². The summed E-state index contributed by atoms with van der Waals surface area (Å²) in [7, 11) is 1.47. The highest BCUT2D eigenvalue weighted by Gasteiger charge is 2.40. The van der Waals surface area contributed by atoms with Gasteiger partial charge in [0.1, 0.15) is 6.71 Å². The summed E-state index contributed by atoms with van der Waals surface area (Å²) < 4.78 is 4.68. The van der Waals surface area contributed by atoms with E-state index in [0.29, 0.717) is 11.7 Å². The molecule has 0 aromatic carbocycles. The molecule has 152 valence electrons.